The monoisotopic (exact) mass is 296 g/mol. The lowest BCUT2D eigenvalue weighted by atomic mass is 10.0. The van der Waals surface area contributed by atoms with Gasteiger partial charge in [0.2, 0.25) is 0 Å². The third-order valence-electron chi connectivity index (χ3n) is 3.80. The van der Waals surface area contributed by atoms with Crippen LogP contribution in [-0.2, 0) is 0 Å². The molecular weight excluding hydrogens is 276 g/mol. The highest BCUT2D eigenvalue weighted by Crippen LogP contribution is 2.17. The minimum absolute atomic E-state index is 0.0805. The van der Waals surface area contributed by atoms with Gasteiger partial charge in [0.15, 0.2) is 0 Å². The second-order valence-electron chi connectivity index (χ2n) is 5.21. The van der Waals surface area contributed by atoms with E-state index in [4.69, 9.17) is 11.6 Å². The lowest BCUT2D eigenvalue weighted by Gasteiger charge is -2.36. The van der Waals surface area contributed by atoms with Crippen molar-refractivity contribution in [1.82, 2.24) is 19.8 Å². The smallest absolute Gasteiger partial charge is 0.274 e. The van der Waals surface area contributed by atoms with Crippen LogP contribution in [0.15, 0.2) is 12.4 Å². The van der Waals surface area contributed by atoms with E-state index < -0.39 is 0 Å². The zero-order chi connectivity index (χ0) is 14.5. The highest BCUT2D eigenvalue weighted by Gasteiger charge is 2.26. The fraction of sp³-hybridized carbons (Fsp3) is 0.643. The molecule has 1 aromatic heterocycles. The number of nitrogens with zero attached hydrogens (tertiary/aromatic N) is 4. The minimum atomic E-state index is -0.0805. The molecule has 1 aliphatic heterocycles. The maximum atomic E-state index is 12.3. The highest BCUT2D eigenvalue weighted by atomic mass is 35.5. The number of aromatic nitrogens is 2. The van der Waals surface area contributed by atoms with E-state index in [-0.39, 0.29) is 11.9 Å². The van der Waals surface area contributed by atoms with Gasteiger partial charge in [-0.1, -0.05) is 18.5 Å². The number of piperidine rings is 1. The molecule has 110 valence electrons. The Labute approximate surface area is 124 Å². The molecule has 6 heteroatoms. The zero-order valence-electron chi connectivity index (χ0n) is 12.0. The highest BCUT2D eigenvalue weighted by molar-refractivity contribution is 6.29. The van der Waals surface area contributed by atoms with Crippen LogP contribution in [0.25, 0.3) is 0 Å². The summed E-state index contributed by atoms with van der Waals surface area (Å²) in [6.07, 6.45) is 6.06. The van der Waals surface area contributed by atoms with Crippen LogP contribution < -0.4 is 0 Å². The minimum Gasteiger partial charge on any atom is -0.337 e. The molecule has 0 spiro atoms. The van der Waals surface area contributed by atoms with E-state index in [1.807, 2.05) is 7.05 Å². The summed E-state index contributed by atoms with van der Waals surface area (Å²) >= 11 is 5.69. The number of amides is 1. The molecule has 1 aliphatic rings. The molecular formula is C14H21ClN4O. The van der Waals surface area contributed by atoms with Crippen molar-refractivity contribution in [3.05, 3.63) is 23.2 Å². The van der Waals surface area contributed by atoms with Gasteiger partial charge in [0.1, 0.15) is 10.8 Å². The molecule has 0 bridgehead atoms. The maximum absolute atomic E-state index is 12.3. The van der Waals surface area contributed by atoms with Gasteiger partial charge in [-0.25, -0.2) is 9.97 Å². The lowest BCUT2D eigenvalue weighted by Crippen LogP contribution is -2.45. The molecule has 0 radical (unpaired) electrons. The molecule has 2 rings (SSSR count). The Balaban J connectivity index is 1.93. The van der Waals surface area contributed by atoms with E-state index in [2.05, 4.69) is 21.8 Å². The van der Waals surface area contributed by atoms with Crippen molar-refractivity contribution in [2.45, 2.75) is 32.2 Å². The van der Waals surface area contributed by atoms with Gasteiger partial charge in [0.05, 0.1) is 12.4 Å². The van der Waals surface area contributed by atoms with E-state index in [1.54, 1.807) is 4.90 Å². The van der Waals surface area contributed by atoms with Crippen LogP contribution in [0, 0.1) is 0 Å². The molecule has 0 unspecified atom stereocenters. The number of rotatable bonds is 4. The number of halogens is 1. The van der Waals surface area contributed by atoms with E-state index in [0.29, 0.717) is 10.8 Å². The summed E-state index contributed by atoms with van der Waals surface area (Å²) < 4.78 is 0. The SMILES string of the molecule is CCCN1CCC(N(C)C(=O)c2cnc(Cl)cn2)CC1. The predicted octanol–water partition coefficient (Wildman–Crippen LogP) is 2.08. The van der Waals surface area contributed by atoms with Gasteiger partial charge in [0, 0.05) is 26.2 Å². The number of carbonyl (C=O) groups excluding carboxylic acids is 1. The van der Waals surface area contributed by atoms with Crippen molar-refractivity contribution in [2.24, 2.45) is 0 Å². The average molecular weight is 297 g/mol. The van der Waals surface area contributed by atoms with Gasteiger partial charge in [-0.2, -0.15) is 0 Å². The largest absolute Gasteiger partial charge is 0.337 e. The third kappa shape index (κ3) is 3.67. The molecule has 1 amide bonds. The van der Waals surface area contributed by atoms with Gasteiger partial charge in [-0.05, 0) is 25.8 Å². The molecule has 0 aliphatic carbocycles. The Morgan fingerprint density at radius 1 is 1.40 bits per heavy atom. The van der Waals surface area contributed by atoms with E-state index in [0.717, 1.165) is 32.5 Å². The Bertz CT molecular complexity index is 443. The van der Waals surface area contributed by atoms with Gasteiger partial charge >= 0.3 is 0 Å². The van der Waals surface area contributed by atoms with E-state index in [9.17, 15) is 4.79 Å². The molecule has 1 fully saturated rings. The van der Waals surface area contributed by atoms with Crippen LogP contribution >= 0.6 is 11.6 Å². The first-order valence-electron chi connectivity index (χ1n) is 7.09. The third-order valence-corrected chi connectivity index (χ3v) is 4.00. The van der Waals surface area contributed by atoms with Crippen molar-refractivity contribution in [2.75, 3.05) is 26.7 Å². The van der Waals surface area contributed by atoms with Crippen LogP contribution in [0.5, 0.6) is 0 Å². The van der Waals surface area contributed by atoms with Crippen molar-refractivity contribution >= 4 is 17.5 Å². The molecule has 0 atom stereocenters. The van der Waals surface area contributed by atoms with E-state index >= 15 is 0 Å². The summed E-state index contributed by atoms with van der Waals surface area (Å²) in [6.45, 7) is 5.46. The fourth-order valence-electron chi connectivity index (χ4n) is 2.62. The van der Waals surface area contributed by atoms with Gasteiger partial charge < -0.3 is 9.80 Å². The van der Waals surface area contributed by atoms with Crippen molar-refractivity contribution in [3.8, 4) is 0 Å². The summed E-state index contributed by atoms with van der Waals surface area (Å²) in [5.41, 5.74) is 0.355. The second kappa shape index (κ2) is 6.99. The topological polar surface area (TPSA) is 49.3 Å². The Hall–Kier alpha value is -1.20. The normalized spacial score (nSPS) is 17.1. The molecule has 0 aromatic carbocycles. The average Bonchev–Trinajstić information content (AvgIpc) is 2.48. The van der Waals surface area contributed by atoms with Crippen molar-refractivity contribution < 1.29 is 4.79 Å². The lowest BCUT2D eigenvalue weighted by molar-refractivity contribution is 0.0636. The van der Waals surface area contributed by atoms with Crippen LogP contribution in [-0.4, -0.2) is 58.4 Å². The number of likely N-dealkylation sites (tertiary alicyclic amines) is 1. The standard InChI is InChI=1S/C14H21ClN4O/c1-3-6-19-7-4-11(5-8-19)18(2)14(20)12-9-17-13(15)10-16-12/h9-11H,3-8H2,1-2H3. The molecule has 1 aromatic rings. The first-order valence-corrected chi connectivity index (χ1v) is 7.46. The number of hydrogen-bond acceptors (Lipinski definition) is 4. The number of carbonyl (C=O) groups is 1. The Morgan fingerprint density at radius 2 is 2.10 bits per heavy atom. The van der Waals surface area contributed by atoms with Crippen molar-refractivity contribution in [3.63, 3.8) is 0 Å². The molecule has 5 nitrogen and oxygen atoms in total. The molecule has 2 heterocycles. The molecule has 20 heavy (non-hydrogen) atoms. The van der Waals surface area contributed by atoms with Crippen LogP contribution in [0.2, 0.25) is 5.15 Å². The molecule has 0 N–H and O–H groups in total. The van der Waals surface area contributed by atoms with E-state index in [1.165, 1.54) is 18.8 Å². The van der Waals surface area contributed by atoms with Gasteiger partial charge in [-0.3, -0.25) is 4.79 Å². The summed E-state index contributed by atoms with van der Waals surface area (Å²) in [5, 5.41) is 0.303. The summed E-state index contributed by atoms with van der Waals surface area (Å²) in [6, 6.07) is 0.285. The van der Waals surface area contributed by atoms with Crippen molar-refractivity contribution in [1.29, 1.82) is 0 Å². The summed E-state index contributed by atoms with van der Waals surface area (Å²) in [4.78, 5) is 24.5. The predicted molar refractivity (Wildman–Crippen MR) is 78.9 cm³/mol. The molecule has 1 saturated heterocycles. The van der Waals surface area contributed by atoms with Gasteiger partial charge in [-0.15, -0.1) is 0 Å². The van der Waals surface area contributed by atoms with Crippen LogP contribution in [0.4, 0.5) is 0 Å². The Morgan fingerprint density at radius 3 is 2.65 bits per heavy atom. The maximum Gasteiger partial charge on any atom is 0.274 e. The Kier molecular flexibility index (Phi) is 5.31. The quantitative estimate of drug-likeness (QED) is 0.853. The van der Waals surface area contributed by atoms with Crippen LogP contribution in [0.1, 0.15) is 36.7 Å². The second-order valence-corrected chi connectivity index (χ2v) is 5.60. The summed E-state index contributed by atoms with van der Waals surface area (Å²) in [7, 11) is 1.85. The number of hydrogen-bond donors (Lipinski definition) is 0. The molecule has 0 saturated carbocycles. The first kappa shape index (κ1) is 15.2. The van der Waals surface area contributed by atoms with Gasteiger partial charge in [0.25, 0.3) is 5.91 Å². The van der Waals surface area contributed by atoms with Crippen LogP contribution in [0.3, 0.4) is 0 Å². The zero-order valence-corrected chi connectivity index (χ0v) is 12.8. The fourth-order valence-corrected chi connectivity index (χ4v) is 2.71. The summed E-state index contributed by atoms with van der Waals surface area (Å²) in [5.74, 6) is -0.0805. The first-order chi connectivity index (χ1) is 9.61.